The van der Waals surface area contributed by atoms with E-state index in [4.69, 9.17) is 9.47 Å². The third-order valence-electron chi connectivity index (χ3n) is 9.26. The van der Waals surface area contributed by atoms with Crippen molar-refractivity contribution in [2.24, 2.45) is 22.7 Å². The van der Waals surface area contributed by atoms with Crippen LogP contribution in [0.2, 0.25) is 0 Å². The van der Waals surface area contributed by atoms with E-state index in [0.717, 1.165) is 19.1 Å². The average Bonchev–Trinajstić information content (AvgIpc) is 3.25. The van der Waals surface area contributed by atoms with E-state index in [9.17, 15) is 29.7 Å². The van der Waals surface area contributed by atoms with Gasteiger partial charge in [-0.05, 0) is 44.1 Å². The van der Waals surface area contributed by atoms with E-state index in [2.05, 4.69) is 4.74 Å². The maximum absolute atomic E-state index is 13.4. The van der Waals surface area contributed by atoms with Crippen molar-refractivity contribution < 1.29 is 43.9 Å². The van der Waals surface area contributed by atoms with E-state index < -0.39 is 64.5 Å². The number of hydrogen-bond acceptors (Lipinski definition) is 9. The summed E-state index contributed by atoms with van der Waals surface area (Å²) in [7, 11) is 1.16. The summed E-state index contributed by atoms with van der Waals surface area (Å²) >= 11 is 0. The molecule has 9 heteroatoms. The standard InChI is InChI=1S/C28H40O9/c1-16(2)28(34,14-21(30)35-7)24(32)37-23-22(31)27(6,33)25(4,12-11-18-13-20(29)36-15-18)19-10-8-9-17(3)26(19,23)5/h9,11-13,16,19,22-23,31,33-34H,8,10,14-15H2,1-7H3. The van der Waals surface area contributed by atoms with Crippen molar-refractivity contribution >= 4 is 17.9 Å². The Morgan fingerprint density at radius 2 is 1.95 bits per heavy atom. The second-order valence-corrected chi connectivity index (χ2v) is 11.5. The zero-order chi connectivity index (χ0) is 28.0. The van der Waals surface area contributed by atoms with E-state index >= 15 is 0 Å². The average molecular weight is 521 g/mol. The molecule has 0 aromatic rings. The zero-order valence-electron chi connectivity index (χ0n) is 22.7. The van der Waals surface area contributed by atoms with Crippen LogP contribution in [0.1, 0.15) is 60.8 Å². The van der Waals surface area contributed by atoms with E-state index in [0.29, 0.717) is 12.0 Å². The molecule has 9 nitrogen and oxygen atoms in total. The number of fused-ring (bicyclic) bond motifs is 1. The SMILES string of the molecule is COC(=O)CC(O)(C(=O)OC1C(O)C(C)(O)C(C)(C=CC2=CC(=O)OC2)C2CCC=C(C)C12C)C(C)C. The number of methoxy groups -OCH3 is 1. The molecule has 1 fully saturated rings. The summed E-state index contributed by atoms with van der Waals surface area (Å²) in [5.41, 5.74) is -4.31. The normalized spacial score (nSPS) is 37.4. The van der Waals surface area contributed by atoms with Gasteiger partial charge in [-0.25, -0.2) is 9.59 Å². The fourth-order valence-corrected chi connectivity index (χ4v) is 6.16. The first-order valence-corrected chi connectivity index (χ1v) is 12.7. The molecule has 0 bridgehead atoms. The van der Waals surface area contributed by atoms with Crippen LogP contribution in [0.25, 0.3) is 0 Å². The van der Waals surface area contributed by atoms with Crippen molar-refractivity contribution in [1.82, 2.24) is 0 Å². The first kappa shape index (κ1) is 29.1. The lowest BCUT2D eigenvalue weighted by molar-refractivity contribution is -0.264. The van der Waals surface area contributed by atoms with Crippen LogP contribution in [0, 0.1) is 22.7 Å². The number of carbonyl (C=O) groups excluding carboxylic acids is 3. The summed E-state index contributed by atoms with van der Waals surface area (Å²) in [6.45, 7) is 10.4. The van der Waals surface area contributed by atoms with Gasteiger partial charge in [0.25, 0.3) is 0 Å². The van der Waals surface area contributed by atoms with Crippen LogP contribution in [-0.4, -0.2) is 70.4 Å². The molecule has 7 unspecified atom stereocenters. The van der Waals surface area contributed by atoms with Crippen molar-refractivity contribution in [2.75, 3.05) is 13.7 Å². The number of rotatable bonds is 7. The van der Waals surface area contributed by atoms with Crippen LogP contribution in [0.15, 0.2) is 35.5 Å². The number of allylic oxidation sites excluding steroid dienone is 1. The van der Waals surface area contributed by atoms with Gasteiger partial charge in [0.05, 0.1) is 13.5 Å². The Kier molecular flexibility index (Phi) is 7.86. The Labute approximate surface area is 218 Å². The molecule has 1 aliphatic heterocycles. The topological polar surface area (TPSA) is 140 Å². The minimum Gasteiger partial charge on any atom is -0.469 e. The first-order valence-electron chi connectivity index (χ1n) is 12.7. The lowest BCUT2D eigenvalue weighted by Crippen LogP contribution is -2.72. The highest BCUT2D eigenvalue weighted by molar-refractivity contribution is 5.86. The quantitative estimate of drug-likeness (QED) is 0.262. The molecule has 0 spiro atoms. The van der Waals surface area contributed by atoms with Gasteiger partial charge in [0.15, 0.2) is 5.60 Å². The maximum atomic E-state index is 13.4. The minimum absolute atomic E-state index is 0.130. The summed E-state index contributed by atoms with van der Waals surface area (Å²) in [4.78, 5) is 37.0. The second kappa shape index (κ2) is 10.0. The first-order chi connectivity index (χ1) is 17.1. The van der Waals surface area contributed by atoms with Gasteiger partial charge in [-0.15, -0.1) is 0 Å². The van der Waals surface area contributed by atoms with Gasteiger partial charge in [-0.3, -0.25) is 4.79 Å². The molecule has 3 N–H and O–H groups in total. The molecule has 1 heterocycles. The van der Waals surface area contributed by atoms with E-state index in [1.54, 1.807) is 19.9 Å². The fourth-order valence-electron chi connectivity index (χ4n) is 6.16. The molecule has 3 rings (SSSR count). The molecule has 0 amide bonds. The van der Waals surface area contributed by atoms with Crippen LogP contribution in [0.3, 0.4) is 0 Å². The fraction of sp³-hybridized carbons (Fsp3) is 0.679. The highest BCUT2D eigenvalue weighted by atomic mass is 16.6. The molecule has 3 aliphatic rings. The molecule has 7 atom stereocenters. The summed E-state index contributed by atoms with van der Waals surface area (Å²) < 4.78 is 15.5. The van der Waals surface area contributed by atoms with Crippen LogP contribution in [0.4, 0.5) is 0 Å². The van der Waals surface area contributed by atoms with Gasteiger partial charge >= 0.3 is 17.9 Å². The molecular weight excluding hydrogens is 480 g/mol. The van der Waals surface area contributed by atoms with Crippen LogP contribution < -0.4 is 0 Å². The molecule has 0 radical (unpaired) electrons. The second-order valence-electron chi connectivity index (χ2n) is 11.5. The van der Waals surface area contributed by atoms with E-state index in [-0.39, 0.29) is 12.5 Å². The van der Waals surface area contributed by atoms with E-state index in [1.807, 2.05) is 32.9 Å². The van der Waals surface area contributed by atoms with Gasteiger partial charge in [0.1, 0.15) is 24.4 Å². The van der Waals surface area contributed by atoms with Gasteiger partial charge in [0.2, 0.25) is 0 Å². The number of cyclic esters (lactones) is 1. The molecular formula is C28H40O9. The molecule has 206 valence electrons. The monoisotopic (exact) mass is 520 g/mol. The molecule has 1 saturated carbocycles. The smallest absolute Gasteiger partial charge is 0.339 e. The van der Waals surface area contributed by atoms with E-state index in [1.165, 1.54) is 13.0 Å². The third-order valence-corrected chi connectivity index (χ3v) is 9.26. The zero-order valence-corrected chi connectivity index (χ0v) is 22.7. The van der Waals surface area contributed by atoms with Crippen LogP contribution >= 0.6 is 0 Å². The number of esters is 3. The number of aliphatic hydroxyl groups is 3. The van der Waals surface area contributed by atoms with Crippen molar-refractivity contribution in [3.63, 3.8) is 0 Å². The highest BCUT2D eigenvalue weighted by Crippen LogP contribution is 2.63. The van der Waals surface area contributed by atoms with Crippen molar-refractivity contribution in [3.8, 4) is 0 Å². The Hall–Kier alpha value is -2.49. The Morgan fingerprint density at radius 3 is 2.49 bits per heavy atom. The number of ether oxygens (including phenoxy) is 3. The molecule has 0 aromatic heterocycles. The minimum atomic E-state index is -2.18. The number of carbonyl (C=O) groups is 3. The summed E-state index contributed by atoms with van der Waals surface area (Å²) in [5.74, 6) is -3.24. The summed E-state index contributed by atoms with van der Waals surface area (Å²) in [6, 6.07) is 0. The Morgan fingerprint density at radius 1 is 1.30 bits per heavy atom. The molecule has 2 aliphatic carbocycles. The molecule has 0 aromatic carbocycles. The Balaban J connectivity index is 2.07. The van der Waals surface area contributed by atoms with Crippen molar-refractivity contribution in [2.45, 2.75) is 84.2 Å². The predicted molar refractivity (Wildman–Crippen MR) is 134 cm³/mol. The predicted octanol–water partition coefficient (Wildman–Crippen LogP) is 2.38. The summed E-state index contributed by atoms with van der Waals surface area (Å²) in [5, 5.41) is 34.6. The largest absolute Gasteiger partial charge is 0.469 e. The lowest BCUT2D eigenvalue weighted by atomic mass is 9.44. The van der Waals surface area contributed by atoms with Gasteiger partial charge < -0.3 is 29.5 Å². The lowest BCUT2D eigenvalue weighted by Gasteiger charge is -2.64. The highest BCUT2D eigenvalue weighted by Gasteiger charge is 2.68. The van der Waals surface area contributed by atoms with Crippen molar-refractivity contribution in [3.05, 3.63) is 35.5 Å². The van der Waals surface area contributed by atoms with Crippen LogP contribution in [0.5, 0.6) is 0 Å². The van der Waals surface area contributed by atoms with Crippen LogP contribution in [-0.2, 0) is 28.6 Å². The number of aliphatic hydroxyl groups excluding tert-OH is 1. The van der Waals surface area contributed by atoms with Gasteiger partial charge in [-0.1, -0.05) is 51.5 Å². The van der Waals surface area contributed by atoms with Crippen molar-refractivity contribution in [1.29, 1.82) is 0 Å². The summed E-state index contributed by atoms with van der Waals surface area (Å²) in [6.07, 6.45) is 4.97. The Bertz CT molecular complexity index is 1040. The van der Waals surface area contributed by atoms with Gasteiger partial charge in [0, 0.05) is 16.9 Å². The molecule has 37 heavy (non-hydrogen) atoms. The molecule has 0 saturated heterocycles. The maximum Gasteiger partial charge on any atom is 0.339 e. The van der Waals surface area contributed by atoms with Gasteiger partial charge in [-0.2, -0.15) is 0 Å². The third kappa shape index (κ3) is 4.66. The number of hydrogen-bond donors (Lipinski definition) is 3.